The van der Waals surface area contributed by atoms with Gasteiger partial charge in [-0.2, -0.15) is 0 Å². The molecular formula is C16H18O2. The summed E-state index contributed by atoms with van der Waals surface area (Å²) in [6.07, 6.45) is 1.62. The predicted molar refractivity (Wildman–Crippen MR) is 69.3 cm³/mol. The summed E-state index contributed by atoms with van der Waals surface area (Å²) in [5, 5.41) is 0. The molecule has 3 rings (SSSR count). The molecule has 94 valence electrons. The van der Waals surface area contributed by atoms with Crippen molar-refractivity contribution in [1.29, 1.82) is 0 Å². The van der Waals surface area contributed by atoms with E-state index in [4.69, 9.17) is 0 Å². The minimum absolute atomic E-state index is 0.164. The lowest BCUT2D eigenvalue weighted by atomic mass is 9.62. The van der Waals surface area contributed by atoms with Crippen LogP contribution in [0.25, 0.3) is 0 Å². The smallest absolute Gasteiger partial charge is 0.210 e. The largest absolute Gasteiger partial charge is 0.290 e. The number of ketones is 2. The maximum absolute atomic E-state index is 12.6. The Hall–Kier alpha value is -1.44. The molecule has 0 N–H and O–H groups in total. The highest BCUT2D eigenvalue weighted by molar-refractivity contribution is 6.46. The van der Waals surface area contributed by atoms with Crippen LogP contribution in [-0.4, -0.2) is 11.6 Å². The average Bonchev–Trinajstić information content (AvgIpc) is 2.63. The van der Waals surface area contributed by atoms with Crippen molar-refractivity contribution in [3.63, 3.8) is 0 Å². The molecule has 0 heterocycles. The molecule has 0 radical (unpaired) electrons. The highest BCUT2D eigenvalue weighted by Gasteiger charge is 2.75. The monoisotopic (exact) mass is 242 g/mol. The zero-order valence-corrected chi connectivity index (χ0v) is 11.1. The number of Topliss-reactive ketones (excluding diaryl/α,β-unsaturated/α-hetero) is 2. The Bertz CT molecular complexity index is 543. The van der Waals surface area contributed by atoms with Gasteiger partial charge < -0.3 is 0 Å². The summed E-state index contributed by atoms with van der Waals surface area (Å²) in [6.45, 7) is 6.12. The molecule has 0 aliphatic heterocycles. The van der Waals surface area contributed by atoms with Gasteiger partial charge in [0.25, 0.3) is 0 Å². The highest BCUT2D eigenvalue weighted by atomic mass is 16.2. The molecule has 2 saturated carbocycles. The fraction of sp³-hybridized carbons (Fsp3) is 0.500. The van der Waals surface area contributed by atoms with E-state index in [0.29, 0.717) is 0 Å². The van der Waals surface area contributed by atoms with Crippen LogP contribution in [0, 0.1) is 10.8 Å². The van der Waals surface area contributed by atoms with E-state index >= 15 is 0 Å². The van der Waals surface area contributed by atoms with E-state index in [1.807, 2.05) is 37.3 Å². The summed E-state index contributed by atoms with van der Waals surface area (Å²) >= 11 is 0. The van der Waals surface area contributed by atoms with Crippen molar-refractivity contribution in [3.8, 4) is 0 Å². The van der Waals surface area contributed by atoms with E-state index in [-0.39, 0.29) is 17.0 Å². The van der Waals surface area contributed by atoms with Crippen LogP contribution in [0.1, 0.15) is 39.2 Å². The van der Waals surface area contributed by atoms with E-state index in [9.17, 15) is 9.59 Å². The van der Waals surface area contributed by atoms with Crippen LogP contribution >= 0.6 is 0 Å². The molecule has 2 bridgehead atoms. The topological polar surface area (TPSA) is 34.1 Å². The molecule has 0 aromatic heterocycles. The molecule has 18 heavy (non-hydrogen) atoms. The molecule has 2 heteroatoms. The Kier molecular flexibility index (Phi) is 2.01. The summed E-state index contributed by atoms with van der Waals surface area (Å²) in [6, 6.07) is 9.83. The van der Waals surface area contributed by atoms with Crippen molar-refractivity contribution >= 4 is 11.6 Å². The molecule has 0 amide bonds. The summed E-state index contributed by atoms with van der Waals surface area (Å²) in [5.74, 6) is -0.338. The van der Waals surface area contributed by atoms with Crippen molar-refractivity contribution in [2.45, 2.75) is 39.0 Å². The minimum Gasteiger partial charge on any atom is -0.290 e. The predicted octanol–water partition coefficient (Wildman–Crippen LogP) is 2.90. The van der Waals surface area contributed by atoms with Crippen LogP contribution in [-0.2, 0) is 15.0 Å². The van der Waals surface area contributed by atoms with Crippen LogP contribution in [0.2, 0.25) is 0 Å². The molecule has 0 spiro atoms. The first kappa shape index (κ1) is 11.6. The van der Waals surface area contributed by atoms with Gasteiger partial charge in [0.2, 0.25) is 11.6 Å². The van der Waals surface area contributed by atoms with Crippen molar-refractivity contribution in [3.05, 3.63) is 35.9 Å². The minimum atomic E-state index is -0.597. The second-order valence-electron chi connectivity index (χ2n) is 6.39. The third kappa shape index (κ3) is 0.933. The van der Waals surface area contributed by atoms with Crippen LogP contribution in [0.5, 0.6) is 0 Å². The van der Waals surface area contributed by atoms with E-state index in [1.54, 1.807) is 0 Å². The normalized spacial score (nSPS) is 37.3. The molecule has 0 unspecified atom stereocenters. The van der Waals surface area contributed by atoms with E-state index < -0.39 is 10.8 Å². The van der Waals surface area contributed by atoms with Crippen molar-refractivity contribution in [2.24, 2.45) is 10.8 Å². The Labute approximate surface area is 107 Å². The second-order valence-corrected chi connectivity index (χ2v) is 6.39. The van der Waals surface area contributed by atoms with Crippen molar-refractivity contribution in [2.75, 3.05) is 0 Å². The summed E-state index contributed by atoms with van der Waals surface area (Å²) in [4.78, 5) is 24.9. The quantitative estimate of drug-likeness (QED) is 0.710. The molecule has 1 aromatic rings. The number of carbonyl (C=O) groups is 2. The van der Waals surface area contributed by atoms with Gasteiger partial charge in [-0.25, -0.2) is 0 Å². The Balaban J connectivity index is 2.30. The van der Waals surface area contributed by atoms with Gasteiger partial charge in [0.05, 0.1) is 5.41 Å². The van der Waals surface area contributed by atoms with Crippen molar-refractivity contribution in [1.82, 2.24) is 0 Å². The number of hydrogen-bond acceptors (Lipinski definition) is 2. The SMILES string of the molecule is CC1(C)[C@@]2(c3ccccc3)CC[C@]1(C)C(=O)C2=O. The maximum Gasteiger partial charge on any atom is 0.210 e. The summed E-state index contributed by atoms with van der Waals surface area (Å²) < 4.78 is 0. The molecule has 2 aliphatic carbocycles. The number of rotatable bonds is 1. The molecule has 2 fully saturated rings. The first-order valence-corrected chi connectivity index (χ1v) is 6.53. The van der Waals surface area contributed by atoms with Crippen LogP contribution in [0.4, 0.5) is 0 Å². The van der Waals surface area contributed by atoms with Crippen molar-refractivity contribution < 1.29 is 9.59 Å². The highest BCUT2D eigenvalue weighted by Crippen LogP contribution is 2.69. The Morgan fingerprint density at radius 2 is 1.50 bits per heavy atom. The first-order valence-electron chi connectivity index (χ1n) is 6.53. The van der Waals surface area contributed by atoms with Gasteiger partial charge in [0.1, 0.15) is 0 Å². The summed E-state index contributed by atoms with van der Waals surface area (Å²) in [5.41, 5.74) is -0.371. The summed E-state index contributed by atoms with van der Waals surface area (Å²) in [7, 11) is 0. The third-order valence-corrected chi connectivity index (χ3v) is 5.81. The van der Waals surface area contributed by atoms with E-state index in [0.717, 1.165) is 18.4 Å². The van der Waals surface area contributed by atoms with Crippen LogP contribution < -0.4 is 0 Å². The second kappa shape index (κ2) is 3.11. The molecule has 1 aromatic carbocycles. The van der Waals surface area contributed by atoms with Gasteiger partial charge in [-0.3, -0.25) is 9.59 Å². The van der Waals surface area contributed by atoms with Gasteiger partial charge in [0.15, 0.2) is 0 Å². The molecule has 0 saturated heterocycles. The van der Waals surface area contributed by atoms with E-state index in [2.05, 4.69) is 13.8 Å². The number of carbonyl (C=O) groups excluding carboxylic acids is 2. The van der Waals surface area contributed by atoms with E-state index in [1.165, 1.54) is 0 Å². The number of fused-ring (bicyclic) bond motifs is 2. The van der Waals surface area contributed by atoms with Gasteiger partial charge in [0, 0.05) is 5.41 Å². The lowest BCUT2D eigenvalue weighted by Gasteiger charge is -2.38. The molecule has 2 aliphatic rings. The number of hydrogen-bond donors (Lipinski definition) is 0. The third-order valence-electron chi connectivity index (χ3n) is 5.81. The van der Waals surface area contributed by atoms with Gasteiger partial charge in [-0.1, -0.05) is 51.1 Å². The number of benzene rings is 1. The Morgan fingerprint density at radius 1 is 0.889 bits per heavy atom. The first-order chi connectivity index (χ1) is 8.38. The molecule has 2 nitrogen and oxygen atoms in total. The Morgan fingerprint density at radius 3 is 2.00 bits per heavy atom. The zero-order chi connectivity index (χ0) is 13.2. The fourth-order valence-corrected chi connectivity index (χ4v) is 4.13. The maximum atomic E-state index is 12.6. The molecular weight excluding hydrogens is 224 g/mol. The zero-order valence-electron chi connectivity index (χ0n) is 11.1. The van der Waals surface area contributed by atoms with Gasteiger partial charge in [-0.05, 0) is 23.8 Å². The standard InChI is InChI=1S/C16H18O2/c1-14(2)15(3)9-10-16(14,13(18)12(15)17)11-7-5-4-6-8-11/h4-8H,9-10H2,1-3H3/t15-,16-/m1/s1. The van der Waals surface area contributed by atoms with Gasteiger partial charge >= 0.3 is 0 Å². The lowest BCUT2D eigenvalue weighted by Crippen LogP contribution is -2.41. The van der Waals surface area contributed by atoms with Gasteiger partial charge in [-0.15, -0.1) is 0 Å². The molecule has 2 atom stereocenters. The lowest BCUT2D eigenvalue weighted by molar-refractivity contribution is -0.141. The van der Waals surface area contributed by atoms with Crippen LogP contribution in [0.3, 0.4) is 0 Å². The fourth-order valence-electron chi connectivity index (χ4n) is 4.13. The van der Waals surface area contributed by atoms with Crippen LogP contribution in [0.15, 0.2) is 30.3 Å². The average molecular weight is 242 g/mol.